The minimum absolute atomic E-state index is 0.0793. The van der Waals surface area contributed by atoms with Gasteiger partial charge in [0.15, 0.2) is 19.7 Å². The number of aryl methyl sites for hydroxylation is 2. The van der Waals surface area contributed by atoms with Gasteiger partial charge in [0, 0.05) is 6.04 Å². The number of hydrogen-bond acceptors (Lipinski definition) is 6. The quantitative estimate of drug-likeness (QED) is 0.776. The molecule has 0 aliphatic carbocycles. The van der Waals surface area contributed by atoms with E-state index in [0.29, 0.717) is 0 Å². The van der Waals surface area contributed by atoms with Crippen molar-refractivity contribution in [2.75, 3.05) is 31.7 Å². The second-order valence-corrected chi connectivity index (χ2v) is 11.3. The van der Waals surface area contributed by atoms with E-state index >= 15 is 0 Å². The number of rotatable bonds is 4. The second kappa shape index (κ2) is 6.55. The maximum atomic E-state index is 13.4. The van der Waals surface area contributed by atoms with Gasteiger partial charge in [-0.2, -0.15) is 0 Å². The lowest BCUT2D eigenvalue weighted by Gasteiger charge is -2.28. The lowest BCUT2D eigenvalue weighted by atomic mass is 10.1. The first-order chi connectivity index (χ1) is 11.7. The van der Waals surface area contributed by atoms with Gasteiger partial charge in [-0.05, 0) is 63.0 Å². The van der Waals surface area contributed by atoms with Gasteiger partial charge in [-0.15, -0.1) is 0 Å². The van der Waals surface area contributed by atoms with Crippen LogP contribution in [0.15, 0.2) is 17.0 Å². The number of nitrogens with zero attached hydrogens (tertiary/aromatic N) is 1. The molecule has 8 heteroatoms. The van der Waals surface area contributed by atoms with Crippen LogP contribution in [0.3, 0.4) is 0 Å². The average molecular weight is 388 g/mol. The highest BCUT2D eigenvalue weighted by Crippen LogP contribution is 2.35. The molecule has 0 amide bonds. The van der Waals surface area contributed by atoms with Gasteiger partial charge < -0.3 is 4.74 Å². The van der Waals surface area contributed by atoms with Crippen molar-refractivity contribution in [3.8, 4) is 5.75 Å². The Morgan fingerprint density at radius 1 is 1.08 bits per heavy atom. The van der Waals surface area contributed by atoms with Crippen LogP contribution >= 0.6 is 0 Å². The van der Waals surface area contributed by atoms with E-state index in [2.05, 4.69) is 0 Å². The molecule has 3 rings (SSSR count). The summed E-state index contributed by atoms with van der Waals surface area (Å²) in [5.41, 5.74) is 1.78. The van der Waals surface area contributed by atoms with Crippen molar-refractivity contribution in [2.24, 2.45) is 0 Å². The van der Waals surface area contributed by atoms with Gasteiger partial charge in [0.25, 0.3) is 0 Å². The van der Waals surface area contributed by atoms with E-state index in [-0.39, 0.29) is 22.2 Å². The standard InChI is InChI=1S/C17H25NO5S2/c1-12-8-15(23-3)16(9-13(12)2)25(21,22)17-11-24(19,20)10-14(17)18-6-4-5-7-18/h8-9,14,17H,4-7,10-11H2,1-3H3/t14-,17+/m0/s1. The SMILES string of the molecule is COc1cc(C)c(C)cc1S(=O)(=O)[C@@H]1CS(=O)(=O)C[C@@H]1N1CCCC1. The Morgan fingerprint density at radius 3 is 2.28 bits per heavy atom. The maximum Gasteiger partial charge on any atom is 0.187 e. The summed E-state index contributed by atoms with van der Waals surface area (Å²) in [6, 6.07) is 2.84. The van der Waals surface area contributed by atoms with Gasteiger partial charge >= 0.3 is 0 Å². The van der Waals surface area contributed by atoms with Gasteiger partial charge in [-0.1, -0.05) is 0 Å². The van der Waals surface area contributed by atoms with Crippen LogP contribution in [-0.4, -0.2) is 64.7 Å². The van der Waals surface area contributed by atoms with Crippen LogP contribution in [0.4, 0.5) is 0 Å². The third-order valence-electron chi connectivity index (χ3n) is 5.37. The lowest BCUT2D eigenvalue weighted by Crippen LogP contribution is -2.45. The Morgan fingerprint density at radius 2 is 1.68 bits per heavy atom. The molecule has 2 atom stereocenters. The van der Waals surface area contributed by atoms with Crippen molar-refractivity contribution < 1.29 is 21.6 Å². The van der Waals surface area contributed by atoms with Crippen molar-refractivity contribution in [1.29, 1.82) is 0 Å². The fourth-order valence-corrected chi connectivity index (χ4v) is 8.87. The molecule has 1 aromatic rings. The predicted octanol–water partition coefficient (Wildman–Crippen LogP) is 1.35. The van der Waals surface area contributed by atoms with Gasteiger partial charge in [0.05, 0.1) is 23.9 Å². The van der Waals surface area contributed by atoms with E-state index in [1.165, 1.54) is 7.11 Å². The van der Waals surface area contributed by atoms with E-state index in [1.54, 1.807) is 12.1 Å². The van der Waals surface area contributed by atoms with Gasteiger partial charge in [0.2, 0.25) is 0 Å². The molecule has 1 aromatic carbocycles. The maximum absolute atomic E-state index is 13.4. The average Bonchev–Trinajstić information content (AvgIpc) is 3.16. The van der Waals surface area contributed by atoms with Crippen molar-refractivity contribution in [2.45, 2.75) is 42.9 Å². The molecule has 25 heavy (non-hydrogen) atoms. The zero-order chi connectivity index (χ0) is 18.4. The zero-order valence-electron chi connectivity index (χ0n) is 14.9. The number of likely N-dealkylation sites (tertiary alicyclic amines) is 1. The van der Waals surface area contributed by atoms with Gasteiger partial charge in [0.1, 0.15) is 10.6 Å². The Bertz CT molecular complexity index is 871. The zero-order valence-corrected chi connectivity index (χ0v) is 16.5. The predicted molar refractivity (Wildman–Crippen MR) is 96.7 cm³/mol. The van der Waals surface area contributed by atoms with Crippen LogP contribution < -0.4 is 4.74 Å². The molecule has 0 saturated carbocycles. The van der Waals surface area contributed by atoms with Crippen molar-refractivity contribution in [3.05, 3.63) is 23.3 Å². The van der Waals surface area contributed by atoms with Crippen LogP contribution in [-0.2, 0) is 19.7 Å². The van der Waals surface area contributed by atoms with Crippen molar-refractivity contribution in [1.82, 2.24) is 4.90 Å². The minimum atomic E-state index is -3.82. The number of methoxy groups -OCH3 is 1. The highest BCUT2D eigenvalue weighted by Gasteiger charge is 2.49. The summed E-state index contributed by atoms with van der Waals surface area (Å²) in [5.74, 6) is -0.107. The summed E-state index contributed by atoms with van der Waals surface area (Å²) >= 11 is 0. The molecule has 2 aliphatic rings. The number of hydrogen-bond donors (Lipinski definition) is 0. The first-order valence-electron chi connectivity index (χ1n) is 8.49. The van der Waals surface area contributed by atoms with E-state index in [1.807, 2.05) is 18.7 Å². The molecule has 2 saturated heterocycles. The summed E-state index contributed by atoms with van der Waals surface area (Å²) < 4.78 is 56.5. The van der Waals surface area contributed by atoms with Crippen molar-refractivity contribution >= 4 is 19.7 Å². The smallest absolute Gasteiger partial charge is 0.187 e. The van der Waals surface area contributed by atoms with E-state index < -0.39 is 31.0 Å². The van der Waals surface area contributed by atoms with Crippen LogP contribution in [0, 0.1) is 13.8 Å². The second-order valence-electron chi connectivity index (χ2n) is 7.06. The molecule has 0 aromatic heterocycles. The molecule has 140 valence electrons. The van der Waals surface area contributed by atoms with Crippen LogP contribution in [0.1, 0.15) is 24.0 Å². The van der Waals surface area contributed by atoms with Crippen LogP contribution in [0.2, 0.25) is 0 Å². The summed E-state index contributed by atoms with van der Waals surface area (Å²) in [5, 5.41) is -0.938. The number of benzene rings is 1. The molecule has 0 N–H and O–H groups in total. The van der Waals surface area contributed by atoms with Gasteiger partial charge in [-0.3, -0.25) is 4.90 Å². The molecule has 2 heterocycles. The Labute approximate surface area is 150 Å². The third-order valence-corrected chi connectivity index (χ3v) is 9.50. The number of ether oxygens (including phenoxy) is 1. The van der Waals surface area contributed by atoms with E-state index in [0.717, 1.165) is 37.1 Å². The van der Waals surface area contributed by atoms with E-state index in [9.17, 15) is 16.8 Å². The molecule has 2 aliphatic heterocycles. The monoisotopic (exact) mass is 387 g/mol. The Hall–Kier alpha value is -1.12. The molecule has 6 nitrogen and oxygen atoms in total. The highest BCUT2D eigenvalue weighted by atomic mass is 32.2. The summed E-state index contributed by atoms with van der Waals surface area (Å²) in [7, 11) is -5.76. The fourth-order valence-electron chi connectivity index (χ4n) is 3.82. The molecule has 2 fully saturated rings. The largest absolute Gasteiger partial charge is 0.495 e. The third kappa shape index (κ3) is 3.44. The topological polar surface area (TPSA) is 80.8 Å². The lowest BCUT2D eigenvalue weighted by molar-refractivity contribution is 0.264. The first kappa shape index (κ1) is 18.7. The molecule has 0 unspecified atom stereocenters. The first-order valence-corrected chi connectivity index (χ1v) is 11.9. The summed E-state index contributed by atoms with van der Waals surface area (Å²) in [6.07, 6.45) is 1.96. The minimum Gasteiger partial charge on any atom is -0.495 e. The van der Waals surface area contributed by atoms with Gasteiger partial charge in [-0.25, -0.2) is 16.8 Å². The normalized spacial score (nSPS) is 26.8. The molecular formula is C17H25NO5S2. The molecular weight excluding hydrogens is 362 g/mol. The highest BCUT2D eigenvalue weighted by molar-refractivity contribution is 7.96. The Kier molecular flexibility index (Phi) is 4.89. The molecule has 0 spiro atoms. The molecule has 0 bridgehead atoms. The van der Waals surface area contributed by atoms with Crippen LogP contribution in [0.5, 0.6) is 5.75 Å². The Balaban J connectivity index is 2.07. The summed E-state index contributed by atoms with van der Waals surface area (Å²) in [4.78, 5) is 2.13. The fraction of sp³-hybridized carbons (Fsp3) is 0.647. The van der Waals surface area contributed by atoms with Crippen molar-refractivity contribution in [3.63, 3.8) is 0 Å². The summed E-state index contributed by atoms with van der Waals surface area (Å²) in [6.45, 7) is 5.25. The van der Waals surface area contributed by atoms with Crippen LogP contribution in [0.25, 0.3) is 0 Å². The van der Waals surface area contributed by atoms with E-state index in [4.69, 9.17) is 4.74 Å². The molecule has 0 radical (unpaired) electrons. The number of sulfone groups is 2.